The summed E-state index contributed by atoms with van der Waals surface area (Å²) in [4.78, 5) is 27.3. The Bertz CT molecular complexity index is 821. The van der Waals surface area contributed by atoms with Gasteiger partial charge in [-0.3, -0.25) is 10.1 Å². The van der Waals surface area contributed by atoms with Gasteiger partial charge in [0.1, 0.15) is 0 Å². The van der Waals surface area contributed by atoms with Crippen LogP contribution < -0.4 is 4.84 Å². The maximum absolute atomic E-state index is 12.0. The number of nitro benzene ring substituents is 1. The van der Waals surface area contributed by atoms with Crippen LogP contribution in [0.25, 0.3) is 10.9 Å². The van der Waals surface area contributed by atoms with Gasteiger partial charge in [-0.25, -0.2) is 4.79 Å². The van der Waals surface area contributed by atoms with Gasteiger partial charge in [-0.1, -0.05) is 18.2 Å². The summed E-state index contributed by atoms with van der Waals surface area (Å²) in [6, 6.07) is 14.6. The fourth-order valence-corrected chi connectivity index (χ4v) is 2.00. The van der Waals surface area contributed by atoms with Crippen LogP contribution in [-0.4, -0.2) is 15.6 Å². The minimum Gasteiger partial charge on any atom is -0.331 e. The van der Waals surface area contributed by atoms with Gasteiger partial charge in [0.25, 0.3) is 5.69 Å². The Morgan fingerprint density at radius 2 is 1.76 bits per heavy atom. The molecular weight excluding hydrogens is 272 g/mol. The van der Waals surface area contributed by atoms with E-state index in [0.29, 0.717) is 0 Å². The summed E-state index contributed by atoms with van der Waals surface area (Å²) < 4.78 is 1.37. The maximum Gasteiger partial charge on any atom is 0.363 e. The summed E-state index contributed by atoms with van der Waals surface area (Å²) in [6.07, 6.45) is 1.65. The number of nitrogens with zero attached hydrogens (tertiary/aromatic N) is 2. The first-order valence-electron chi connectivity index (χ1n) is 6.18. The first-order chi connectivity index (χ1) is 10.1. The van der Waals surface area contributed by atoms with E-state index in [1.165, 1.54) is 29.0 Å². The molecule has 0 saturated heterocycles. The highest BCUT2D eigenvalue weighted by molar-refractivity contribution is 5.90. The smallest absolute Gasteiger partial charge is 0.331 e. The van der Waals surface area contributed by atoms with E-state index in [1.54, 1.807) is 6.20 Å². The van der Waals surface area contributed by atoms with Crippen LogP contribution in [-0.2, 0) is 0 Å². The molecule has 0 aliphatic carbocycles. The highest BCUT2D eigenvalue weighted by Crippen LogP contribution is 2.15. The van der Waals surface area contributed by atoms with Gasteiger partial charge in [0.15, 0.2) is 0 Å². The van der Waals surface area contributed by atoms with Gasteiger partial charge in [-0.15, -0.1) is 0 Å². The molecule has 0 aliphatic rings. The topological polar surface area (TPSA) is 74.4 Å². The molecule has 104 valence electrons. The van der Waals surface area contributed by atoms with Crippen molar-refractivity contribution >= 4 is 22.6 Å². The Morgan fingerprint density at radius 3 is 2.48 bits per heavy atom. The van der Waals surface area contributed by atoms with E-state index in [2.05, 4.69) is 0 Å². The Balaban J connectivity index is 1.84. The third-order valence-corrected chi connectivity index (χ3v) is 3.06. The minimum absolute atomic E-state index is 0.0713. The van der Waals surface area contributed by atoms with Crippen LogP contribution in [0.15, 0.2) is 60.8 Å². The number of non-ortho nitro benzene ring substituents is 1. The first-order valence-corrected chi connectivity index (χ1v) is 6.18. The molecule has 0 amide bonds. The molecule has 0 unspecified atom stereocenters. The molecule has 0 fully saturated rings. The van der Waals surface area contributed by atoms with Gasteiger partial charge in [0.2, 0.25) is 0 Å². The molecule has 3 aromatic rings. The molecule has 6 heteroatoms. The summed E-state index contributed by atoms with van der Waals surface area (Å²) in [5.74, 6) is -0.578. The summed E-state index contributed by atoms with van der Waals surface area (Å²) in [5, 5.41) is 11.5. The van der Waals surface area contributed by atoms with E-state index < -0.39 is 10.9 Å². The summed E-state index contributed by atoms with van der Waals surface area (Å²) in [7, 11) is 0. The van der Waals surface area contributed by atoms with Crippen molar-refractivity contribution in [2.75, 3.05) is 0 Å². The van der Waals surface area contributed by atoms with Crippen LogP contribution in [0, 0.1) is 10.1 Å². The molecule has 1 heterocycles. The molecule has 0 radical (unpaired) electrons. The van der Waals surface area contributed by atoms with E-state index in [-0.39, 0.29) is 11.3 Å². The monoisotopic (exact) mass is 282 g/mol. The standard InChI is InChI=1S/C15H10N2O4/c18-15(12-5-7-13(8-6-12)17(19)20)21-16-10-9-11-3-1-2-4-14(11)16/h1-10H. The predicted octanol–water partition coefficient (Wildman–Crippen LogP) is 2.82. The van der Waals surface area contributed by atoms with Gasteiger partial charge in [-0.05, 0) is 24.3 Å². The lowest BCUT2D eigenvalue weighted by Gasteiger charge is -2.06. The molecule has 0 atom stereocenters. The number of rotatable bonds is 3. The summed E-state index contributed by atoms with van der Waals surface area (Å²) in [5.41, 5.74) is 0.948. The van der Waals surface area contributed by atoms with Crippen LogP contribution in [0.2, 0.25) is 0 Å². The fraction of sp³-hybridized carbons (Fsp3) is 0. The van der Waals surface area contributed by atoms with Crippen molar-refractivity contribution in [3.05, 3.63) is 76.5 Å². The maximum atomic E-state index is 12.0. The van der Waals surface area contributed by atoms with Crippen molar-refractivity contribution < 1.29 is 14.6 Å². The molecule has 1 aromatic heterocycles. The van der Waals surface area contributed by atoms with Gasteiger partial charge in [-0.2, -0.15) is 4.73 Å². The summed E-state index contributed by atoms with van der Waals surface area (Å²) >= 11 is 0. The summed E-state index contributed by atoms with van der Waals surface area (Å²) in [6.45, 7) is 0. The second-order valence-electron chi connectivity index (χ2n) is 4.38. The van der Waals surface area contributed by atoms with E-state index in [4.69, 9.17) is 4.84 Å². The lowest BCUT2D eigenvalue weighted by atomic mass is 10.2. The average molecular weight is 282 g/mol. The molecule has 0 saturated carbocycles. The average Bonchev–Trinajstić information content (AvgIpc) is 2.91. The molecule has 0 spiro atoms. The number of carbonyl (C=O) groups is 1. The van der Waals surface area contributed by atoms with E-state index >= 15 is 0 Å². The predicted molar refractivity (Wildman–Crippen MR) is 75.9 cm³/mol. The number of nitro groups is 1. The molecule has 21 heavy (non-hydrogen) atoms. The third-order valence-electron chi connectivity index (χ3n) is 3.06. The third kappa shape index (κ3) is 2.46. The van der Waals surface area contributed by atoms with E-state index in [9.17, 15) is 14.9 Å². The highest BCUT2D eigenvalue weighted by atomic mass is 16.7. The number of aromatic nitrogens is 1. The van der Waals surface area contributed by atoms with Crippen molar-refractivity contribution in [3.63, 3.8) is 0 Å². The molecule has 0 N–H and O–H groups in total. The lowest BCUT2D eigenvalue weighted by molar-refractivity contribution is -0.384. The Labute approximate surface area is 119 Å². The number of carbonyl (C=O) groups excluding carboxylic acids is 1. The zero-order valence-corrected chi connectivity index (χ0v) is 10.8. The van der Waals surface area contributed by atoms with Gasteiger partial charge >= 0.3 is 5.97 Å². The van der Waals surface area contributed by atoms with E-state index in [0.717, 1.165) is 10.9 Å². The number of fused-ring (bicyclic) bond motifs is 1. The van der Waals surface area contributed by atoms with Crippen LogP contribution in [0.1, 0.15) is 10.4 Å². The molecule has 0 aliphatic heterocycles. The Morgan fingerprint density at radius 1 is 1.05 bits per heavy atom. The number of para-hydroxylation sites is 1. The van der Waals surface area contributed by atoms with Gasteiger partial charge < -0.3 is 4.84 Å². The lowest BCUT2D eigenvalue weighted by Crippen LogP contribution is -2.18. The largest absolute Gasteiger partial charge is 0.363 e. The van der Waals surface area contributed by atoms with Gasteiger partial charge in [0, 0.05) is 23.7 Å². The molecule has 2 aromatic carbocycles. The molecule has 6 nitrogen and oxygen atoms in total. The Kier molecular flexibility index (Phi) is 3.12. The minimum atomic E-state index is -0.578. The van der Waals surface area contributed by atoms with Crippen molar-refractivity contribution in [1.82, 2.24) is 4.73 Å². The SMILES string of the molecule is O=C(On1ccc2ccccc21)c1ccc([N+](=O)[O-])cc1. The number of benzene rings is 2. The second kappa shape index (κ2) is 5.09. The zero-order chi connectivity index (χ0) is 14.8. The van der Waals surface area contributed by atoms with Crippen LogP contribution >= 0.6 is 0 Å². The van der Waals surface area contributed by atoms with Crippen LogP contribution in [0.4, 0.5) is 5.69 Å². The van der Waals surface area contributed by atoms with Crippen LogP contribution in [0.3, 0.4) is 0 Å². The molecular formula is C15H10N2O4. The van der Waals surface area contributed by atoms with Crippen molar-refractivity contribution in [1.29, 1.82) is 0 Å². The quantitative estimate of drug-likeness (QED) is 0.547. The highest BCUT2D eigenvalue weighted by Gasteiger charge is 2.12. The normalized spacial score (nSPS) is 10.5. The zero-order valence-electron chi connectivity index (χ0n) is 10.8. The number of hydrogen-bond donors (Lipinski definition) is 0. The molecule has 3 rings (SSSR count). The van der Waals surface area contributed by atoms with Crippen molar-refractivity contribution in [3.8, 4) is 0 Å². The van der Waals surface area contributed by atoms with E-state index in [1.807, 2.05) is 30.3 Å². The Hall–Kier alpha value is -3.15. The van der Waals surface area contributed by atoms with Crippen molar-refractivity contribution in [2.45, 2.75) is 0 Å². The van der Waals surface area contributed by atoms with Gasteiger partial charge in [0.05, 0.1) is 16.0 Å². The second-order valence-corrected chi connectivity index (χ2v) is 4.38. The first kappa shape index (κ1) is 12.9. The number of hydrogen-bond acceptors (Lipinski definition) is 4. The fourth-order valence-electron chi connectivity index (χ4n) is 2.00. The van der Waals surface area contributed by atoms with Crippen molar-refractivity contribution in [2.24, 2.45) is 0 Å². The molecule has 0 bridgehead atoms. The van der Waals surface area contributed by atoms with Crippen LogP contribution in [0.5, 0.6) is 0 Å².